The first kappa shape index (κ1) is 18.0. The van der Waals surface area contributed by atoms with Crippen molar-refractivity contribution in [3.63, 3.8) is 0 Å². The number of benzene rings is 1. The summed E-state index contributed by atoms with van der Waals surface area (Å²) in [5.74, 6) is 2.61. The van der Waals surface area contributed by atoms with E-state index in [4.69, 9.17) is 0 Å². The average Bonchev–Trinajstić information content (AvgIpc) is 2.59. The second-order valence-corrected chi connectivity index (χ2v) is 10.5. The van der Waals surface area contributed by atoms with Crippen LogP contribution < -0.4 is 10.0 Å². The van der Waals surface area contributed by atoms with Crippen LogP contribution in [0.3, 0.4) is 0 Å². The smallest absolute Gasteiger partial charge is 0.240 e. The van der Waals surface area contributed by atoms with Crippen LogP contribution in [0.25, 0.3) is 0 Å². The highest BCUT2D eigenvalue weighted by Gasteiger charge is 2.51. The lowest BCUT2D eigenvalue weighted by Crippen LogP contribution is -2.59. The first-order chi connectivity index (χ1) is 12.4. The molecule has 0 saturated heterocycles. The Kier molecular flexibility index (Phi) is 4.59. The molecule has 1 aromatic rings. The quantitative estimate of drug-likeness (QED) is 0.801. The molecule has 2 N–H and O–H groups in total. The van der Waals surface area contributed by atoms with Crippen molar-refractivity contribution in [1.82, 2.24) is 10.0 Å². The van der Waals surface area contributed by atoms with E-state index in [9.17, 15) is 13.2 Å². The number of sulfonamides is 1. The van der Waals surface area contributed by atoms with Gasteiger partial charge in [-0.25, -0.2) is 13.1 Å². The summed E-state index contributed by atoms with van der Waals surface area (Å²) in [6.07, 6.45) is 8.72. The summed E-state index contributed by atoms with van der Waals surface area (Å²) in [6.45, 7) is 0. The molecule has 4 aliphatic carbocycles. The highest BCUT2D eigenvalue weighted by atomic mass is 32.2. The van der Waals surface area contributed by atoms with Crippen LogP contribution in [0.2, 0.25) is 0 Å². The Morgan fingerprint density at radius 3 is 2.08 bits per heavy atom. The number of hydrogen-bond acceptors (Lipinski definition) is 3. The van der Waals surface area contributed by atoms with Gasteiger partial charge in [-0.3, -0.25) is 4.79 Å². The summed E-state index contributed by atoms with van der Waals surface area (Å²) in [4.78, 5) is 12.8. The summed E-state index contributed by atoms with van der Waals surface area (Å²) >= 11 is 0. The highest BCUT2D eigenvalue weighted by molar-refractivity contribution is 7.89. The molecule has 4 bridgehead atoms. The van der Waals surface area contributed by atoms with Gasteiger partial charge in [-0.05, 0) is 87.4 Å². The SMILES string of the molecule is CNS(=O)(=O)c1ccc(CCC(=O)NC23CC4CC(CC(C4)C2)C3)cc1. The van der Waals surface area contributed by atoms with Crippen LogP contribution in [0.5, 0.6) is 0 Å². The number of amides is 1. The summed E-state index contributed by atoms with van der Waals surface area (Å²) in [6, 6.07) is 6.78. The van der Waals surface area contributed by atoms with Gasteiger partial charge in [0.1, 0.15) is 0 Å². The highest BCUT2D eigenvalue weighted by Crippen LogP contribution is 2.55. The van der Waals surface area contributed by atoms with Gasteiger partial charge in [-0.15, -0.1) is 0 Å². The third-order valence-corrected chi connectivity index (χ3v) is 8.02. The Hall–Kier alpha value is -1.40. The fourth-order valence-corrected chi connectivity index (χ4v) is 6.56. The number of hydrogen-bond donors (Lipinski definition) is 2. The molecule has 0 spiro atoms. The van der Waals surface area contributed by atoms with Gasteiger partial charge in [0.05, 0.1) is 4.90 Å². The fraction of sp³-hybridized carbons (Fsp3) is 0.650. The lowest BCUT2D eigenvalue weighted by atomic mass is 9.53. The van der Waals surface area contributed by atoms with Crippen LogP contribution in [0.15, 0.2) is 29.2 Å². The monoisotopic (exact) mass is 376 g/mol. The Bertz CT molecular complexity index is 750. The number of nitrogens with one attached hydrogen (secondary N) is 2. The minimum absolute atomic E-state index is 0.0660. The first-order valence-electron chi connectivity index (χ1n) is 9.71. The molecule has 0 atom stereocenters. The topological polar surface area (TPSA) is 75.3 Å². The van der Waals surface area contributed by atoms with E-state index >= 15 is 0 Å². The zero-order valence-electron chi connectivity index (χ0n) is 15.3. The molecule has 1 amide bonds. The summed E-state index contributed by atoms with van der Waals surface area (Å²) in [7, 11) is -2.01. The Morgan fingerprint density at radius 2 is 1.58 bits per heavy atom. The maximum atomic E-state index is 12.6. The van der Waals surface area contributed by atoms with E-state index in [-0.39, 0.29) is 16.3 Å². The van der Waals surface area contributed by atoms with E-state index in [2.05, 4.69) is 10.0 Å². The molecule has 4 saturated carbocycles. The predicted octanol–water partition coefficient (Wildman–Crippen LogP) is 2.61. The molecule has 6 heteroatoms. The van der Waals surface area contributed by atoms with E-state index in [0.717, 1.165) is 23.3 Å². The Balaban J connectivity index is 1.33. The Morgan fingerprint density at radius 1 is 1.04 bits per heavy atom. The summed E-state index contributed by atoms with van der Waals surface area (Å²) < 4.78 is 25.8. The number of carbonyl (C=O) groups excluding carboxylic acids is 1. The van der Waals surface area contributed by atoms with Gasteiger partial charge in [0.25, 0.3) is 0 Å². The van der Waals surface area contributed by atoms with Gasteiger partial charge in [-0.2, -0.15) is 0 Å². The van der Waals surface area contributed by atoms with Crippen LogP contribution in [0.4, 0.5) is 0 Å². The molecular weight excluding hydrogens is 348 g/mol. The molecule has 0 unspecified atom stereocenters. The van der Waals surface area contributed by atoms with Crippen LogP contribution in [-0.2, 0) is 21.2 Å². The molecule has 26 heavy (non-hydrogen) atoms. The molecule has 1 aromatic carbocycles. The van der Waals surface area contributed by atoms with Gasteiger partial charge in [-0.1, -0.05) is 12.1 Å². The maximum Gasteiger partial charge on any atom is 0.240 e. The molecule has 0 radical (unpaired) electrons. The zero-order chi connectivity index (χ0) is 18.4. The minimum atomic E-state index is -3.41. The second kappa shape index (κ2) is 6.64. The van der Waals surface area contributed by atoms with Crippen molar-refractivity contribution in [2.45, 2.75) is 61.8 Å². The third kappa shape index (κ3) is 3.54. The molecule has 4 aliphatic rings. The number of rotatable bonds is 6. The van der Waals surface area contributed by atoms with E-state index < -0.39 is 10.0 Å². The van der Waals surface area contributed by atoms with Gasteiger partial charge < -0.3 is 5.32 Å². The number of aryl methyl sites for hydroxylation is 1. The van der Waals surface area contributed by atoms with Gasteiger partial charge in [0.2, 0.25) is 15.9 Å². The minimum Gasteiger partial charge on any atom is -0.351 e. The van der Waals surface area contributed by atoms with Crippen molar-refractivity contribution < 1.29 is 13.2 Å². The summed E-state index contributed by atoms with van der Waals surface area (Å²) in [5.41, 5.74) is 1.05. The van der Waals surface area contributed by atoms with Crippen molar-refractivity contribution >= 4 is 15.9 Å². The molecule has 0 heterocycles. The van der Waals surface area contributed by atoms with Crippen molar-refractivity contribution in [2.75, 3.05) is 7.05 Å². The first-order valence-corrected chi connectivity index (χ1v) is 11.2. The van der Waals surface area contributed by atoms with Gasteiger partial charge >= 0.3 is 0 Å². The predicted molar refractivity (Wildman–Crippen MR) is 100 cm³/mol. The zero-order valence-corrected chi connectivity index (χ0v) is 16.1. The second-order valence-electron chi connectivity index (χ2n) is 8.60. The molecule has 0 aliphatic heterocycles. The molecule has 5 rings (SSSR count). The van der Waals surface area contributed by atoms with Crippen molar-refractivity contribution in [2.24, 2.45) is 17.8 Å². The van der Waals surface area contributed by atoms with E-state index in [0.29, 0.717) is 12.8 Å². The van der Waals surface area contributed by atoms with E-state index in [1.165, 1.54) is 45.6 Å². The standard InChI is InChI=1S/C20H28N2O3S/c1-21-26(24,25)18-5-2-14(3-6-18)4-7-19(23)22-20-11-15-8-16(12-20)10-17(9-15)13-20/h2-3,5-6,15-17,21H,4,7-13H2,1H3,(H,22,23). The lowest BCUT2D eigenvalue weighted by molar-refractivity contribution is -0.126. The lowest BCUT2D eigenvalue weighted by Gasteiger charge is -2.56. The van der Waals surface area contributed by atoms with E-state index in [1.807, 2.05) is 0 Å². The molecule has 142 valence electrons. The van der Waals surface area contributed by atoms with Crippen molar-refractivity contribution in [3.8, 4) is 0 Å². The molecule has 4 fully saturated rings. The summed E-state index contributed by atoms with van der Waals surface area (Å²) in [5, 5.41) is 3.39. The van der Waals surface area contributed by atoms with Crippen LogP contribution >= 0.6 is 0 Å². The molecule has 5 nitrogen and oxygen atoms in total. The van der Waals surface area contributed by atoms with Gasteiger partial charge in [0, 0.05) is 12.0 Å². The van der Waals surface area contributed by atoms with Gasteiger partial charge in [0.15, 0.2) is 0 Å². The van der Waals surface area contributed by atoms with Crippen LogP contribution in [0, 0.1) is 17.8 Å². The third-order valence-electron chi connectivity index (χ3n) is 6.59. The largest absolute Gasteiger partial charge is 0.351 e. The molecule has 0 aromatic heterocycles. The molecular formula is C20H28N2O3S. The maximum absolute atomic E-state index is 12.6. The van der Waals surface area contributed by atoms with Crippen LogP contribution in [-0.4, -0.2) is 26.9 Å². The van der Waals surface area contributed by atoms with Crippen LogP contribution in [0.1, 0.15) is 50.5 Å². The normalized spacial score (nSPS) is 32.6. The van der Waals surface area contributed by atoms with E-state index in [1.54, 1.807) is 24.3 Å². The average molecular weight is 377 g/mol. The van der Waals surface area contributed by atoms with Crippen molar-refractivity contribution in [3.05, 3.63) is 29.8 Å². The fourth-order valence-electron chi connectivity index (χ4n) is 5.83. The number of carbonyl (C=O) groups is 1. The van der Waals surface area contributed by atoms with Crippen molar-refractivity contribution in [1.29, 1.82) is 0 Å². The Labute approximate surface area is 156 Å².